The van der Waals surface area contributed by atoms with Gasteiger partial charge in [0, 0.05) is 6.54 Å². The number of aryl methyl sites for hydroxylation is 2. The number of aromatic carboxylic acids is 1. The monoisotopic (exact) mass is 319 g/mol. The number of benzene rings is 2. The van der Waals surface area contributed by atoms with Crippen molar-refractivity contribution in [3.05, 3.63) is 58.1 Å². The third-order valence-electron chi connectivity index (χ3n) is 3.39. The van der Waals surface area contributed by atoms with Crippen LogP contribution in [0, 0.1) is 13.8 Å². The van der Waals surface area contributed by atoms with Gasteiger partial charge in [0.15, 0.2) is 0 Å². The summed E-state index contributed by atoms with van der Waals surface area (Å²) in [6.07, 6.45) is 0. The zero-order valence-corrected chi connectivity index (χ0v) is 13.3. The number of hydrogen-bond acceptors (Lipinski definition) is 3. The largest absolute Gasteiger partial charge is 0.492 e. The highest BCUT2D eigenvalue weighted by molar-refractivity contribution is 6.34. The van der Waals surface area contributed by atoms with Crippen LogP contribution in [0.15, 0.2) is 36.4 Å². The van der Waals surface area contributed by atoms with E-state index in [9.17, 15) is 4.79 Å². The van der Waals surface area contributed by atoms with Crippen LogP contribution in [0.4, 0.5) is 5.69 Å². The van der Waals surface area contributed by atoms with E-state index in [0.29, 0.717) is 23.9 Å². The molecule has 0 bridgehead atoms. The molecule has 4 nitrogen and oxygen atoms in total. The molecular formula is C17H18ClNO3. The molecule has 2 rings (SSSR count). The van der Waals surface area contributed by atoms with Gasteiger partial charge < -0.3 is 15.2 Å². The van der Waals surface area contributed by atoms with Crippen LogP contribution in [0.5, 0.6) is 5.75 Å². The van der Waals surface area contributed by atoms with E-state index in [1.165, 1.54) is 17.2 Å². The zero-order valence-electron chi connectivity index (χ0n) is 12.5. The number of halogens is 1. The summed E-state index contributed by atoms with van der Waals surface area (Å²) in [5.41, 5.74) is 2.96. The van der Waals surface area contributed by atoms with E-state index in [0.717, 1.165) is 5.75 Å². The van der Waals surface area contributed by atoms with Crippen molar-refractivity contribution in [1.82, 2.24) is 0 Å². The molecule has 0 spiro atoms. The lowest BCUT2D eigenvalue weighted by atomic mass is 10.1. The molecule has 0 aliphatic carbocycles. The maximum Gasteiger partial charge on any atom is 0.337 e. The predicted octanol–water partition coefficient (Wildman–Crippen LogP) is 4.15. The lowest BCUT2D eigenvalue weighted by molar-refractivity contribution is 0.0698. The molecule has 0 saturated heterocycles. The van der Waals surface area contributed by atoms with Gasteiger partial charge >= 0.3 is 5.97 Å². The Kier molecular flexibility index (Phi) is 5.28. The molecular weight excluding hydrogens is 302 g/mol. The first-order valence-electron chi connectivity index (χ1n) is 6.95. The number of hydrogen-bond donors (Lipinski definition) is 2. The SMILES string of the molecule is Cc1ccc(OCCNc2c(Cl)cccc2C(=O)O)cc1C. The third-order valence-corrected chi connectivity index (χ3v) is 3.71. The Labute approximate surface area is 134 Å². The minimum absolute atomic E-state index is 0.152. The van der Waals surface area contributed by atoms with Gasteiger partial charge in [0.2, 0.25) is 0 Å². The van der Waals surface area contributed by atoms with Crippen molar-refractivity contribution in [3.63, 3.8) is 0 Å². The second-order valence-corrected chi connectivity index (χ2v) is 5.40. The Balaban J connectivity index is 1.94. The van der Waals surface area contributed by atoms with Crippen LogP contribution in [-0.4, -0.2) is 24.2 Å². The highest BCUT2D eigenvalue weighted by Crippen LogP contribution is 2.25. The summed E-state index contributed by atoms with van der Waals surface area (Å²) in [6, 6.07) is 10.7. The van der Waals surface area contributed by atoms with E-state index in [4.69, 9.17) is 21.4 Å². The Hall–Kier alpha value is -2.20. The lowest BCUT2D eigenvalue weighted by Gasteiger charge is -2.12. The van der Waals surface area contributed by atoms with Crippen LogP contribution in [0.25, 0.3) is 0 Å². The molecule has 0 atom stereocenters. The standard InChI is InChI=1S/C17H18ClNO3/c1-11-6-7-13(10-12(11)2)22-9-8-19-16-14(17(20)21)4-3-5-15(16)18/h3-7,10,19H,8-9H2,1-2H3,(H,20,21). The van der Waals surface area contributed by atoms with Crippen molar-refractivity contribution >= 4 is 23.3 Å². The normalized spacial score (nSPS) is 10.3. The predicted molar refractivity (Wildman–Crippen MR) is 88.3 cm³/mol. The van der Waals surface area contributed by atoms with E-state index in [1.807, 2.05) is 32.0 Å². The van der Waals surface area contributed by atoms with E-state index < -0.39 is 5.97 Å². The van der Waals surface area contributed by atoms with Gasteiger partial charge in [-0.05, 0) is 49.2 Å². The summed E-state index contributed by atoms with van der Waals surface area (Å²) in [7, 11) is 0. The van der Waals surface area contributed by atoms with Gasteiger partial charge in [-0.2, -0.15) is 0 Å². The minimum atomic E-state index is -1.01. The average Bonchev–Trinajstić information content (AvgIpc) is 2.48. The van der Waals surface area contributed by atoms with Crippen LogP contribution >= 0.6 is 11.6 Å². The minimum Gasteiger partial charge on any atom is -0.492 e. The molecule has 0 heterocycles. The lowest BCUT2D eigenvalue weighted by Crippen LogP contribution is -2.14. The van der Waals surface area contributed by atoms with Crippen molar-refractivity contribution in [1.29, 1.82) is 0 Å². The summed E-state index contributed by atoms with van der Waals surface area (Å²) in [4.78, 5) is 11.2. The van der Waals surface area contributed by atoms with Crippen molar-refractivity contribution in [3.8, 4) is 5.75 Å². The number of carboxylic acid groups (broad SMARTS) is 1. The second kappa shape index (κ2) is 7.18. The summed E-state index contributed by atoms with van der Waals surface area (Å²) in [5, 5.41) is 12.6. The van der Waals surface area contributed by atoms with E-state index in [1.54, 1.807) is 12.1 Å². The molecule has 0 saturated carbocycles. The van der Waals surface area contributed by atoms with Gasteiger partial charge in [0.25, 0.3) is 0 Å². The van der Waals surface area contributed by atoms with E-state index in [2.05, 4.69) is 5.32 Å². The molecule has 2 aromatic rings. The first-order chi connectivity index (χ1) is 10.5. The molecule has 0 aromatic heterocycles. The molecule has 0 unspecified atom stereocenters. The van der Waals surface area contributed by atoms with Crippen LogP contribution in [0.3, 0.4) is 0 Å². The first kappa shape index (κ1) is 16.2. The number of carbonyl (C=O) groups is 1. The summed E-state index contributed by atoms with van der Waals surface area (Å²) in [6.45, 7) is 4.94. The summed E-state index contributed by atoms with van der Waals surface area (Å²) < 4.78 is 5.65. The molecule has 2 N–H and O–H groups in total. The fourth-order valence-electron chi connectivity index (χ4n) is 2.03. The molecule has 0 aliphatic heterocycles. The summed E-state index contributed by atoms with van der Waals surface area (Å²) in [5.74, 6) is -0.220. The van der Waals surface area contributed by atoms with Crippen molar-refractivity contribution in [2.24, 2.45) is 0 Å². The van der Waals surface area contributed by atoms with E-state index >= 15 is 0 Å². The molecule has 22 heavy (non-hydrogen) atoms. The first-order valence-corrected chi connectivity index (χ1v) is 7.32. The van der Waals surface area contributed by atoms with Crippen LogP contribution in [0.1, 0.15) is 21.5 Å². The number of ether oxygens (including phenoxy) is 1. The van der Waals surface area contributed by atoms with Gasteiger partial charge in [-0.1, -0.05) is 23.7 Å². The Morgan fingerprint density at radius 1 is 1.23 bits per heavy atom. The average molecular weight is 320 g/mol. The van der Waals surface area contributed by atoms with E-state index in [-0.39, 0.29) is 5.56 Å². The van der Waals surface area contributed by atoms with Crippen LogP contribution in [-0.2, 0) is 0 Å². The Morgan fingerprint density at radius 2 is 2.00 bits per heavy atom. The Bertz CT molecular complexity index is 686. The maximum absolute atomic E-state index is 11.2. The maximum atomic E-state index is 11.2. The van der Waals surface area contributed by atoms with Crippen LogP contribution in [0.2, 0.25) is 5.02 Å². The number of para-hydroxylation sites is 1. The zero-order chi connectivity index (χ0) is 16.1. The van der Waals surface area contributed by atoms with Gasteiger partial charge in [-0.25, -0.2) is 4.79 Å². The molecule has 2 aromatic carbocycles. The van der Waals surface area contributed by atoms with Crippen molar-refractivity contribution in [2.75, 3.05) is 18.5 Å². The fraction of sp³-hybridized carbons (Fsp3) is 0.235. The number of nitrogens with one attached hydrogen (secondary N) is 1. The molecule has 0 radical (unpaired) electrons. The number of rotatable bonds is 6. The quantitative estimate of drug-likeness (QED) is 0.785. The number of carboxylic acids is 1. The van der Waals surface area contributed by atoms with Crippen LogP contribution < -0.4 is 10.1 Å². The Morgan fingerprint density at radius 3 is 2.68 bits per heavy atom. The summed E-state index contributed by atoms with van der Waals surface area (Å²) >= 11 is 6.04. The molecule has 5 heteroatoms. The third kappa shape index (κ3) is 3.92. The second-order valence-electron chi connectivity index (χ2n) is 4.99. The van der Waals surface area contributed by atoms with Gasteiger partial charge in [-0.15, -0.1) is 0 Å². The van der Waals surface area contributed by atoms with Crippen molar-refractivity contribution in [2.45, 2.75) is 13.8 Å². The topological polar surface area (TPSA) is 58.6 Å². The fourth-order valence-corrected chi connectivity index (χ4v) is 2.27. The highest BCUT2D eigenvalue weighted by Gasteiger charge is 2.12. The number of anilines is 1. The highest BCUT2D eigenvalue weighted by atomic mass is 35.5. The van der Waals surface area contributed by atoms with Gasteiger partial charge in [-0.3, -0.25) is 0 Å². The van der Waals surface area contributed by atoms with Crippen molar-refractivity contribution < 1.29 is 14.6 Å². The molecule has 0 amide bonds. The smallest absolute Gasteiger partial charge is 0.337 e. The molecule has 0 fully saturated rings. The van der Waals surface area contributed by atoms with Gasteiger partial charge in [0.1, 0.15) is 12.4 Å². The molecule has 0 aliphatic rings. The van der Waals surface area contributed by atoms with Gasteiger partial charge in [0.05, 0.1) is 16.3 Å². The molecule has 116 valence electrons.